The Kier molecular flexibility index (Phi) is 4.98. The highest BCUT2D eigenvalue weighted by Gasteiger charge is 2.50. The minimum absolute atomic E-state index is 0.0317. The van der Waals surface area contributed by atoms with Crippen molar-refractivity contribution in [3.05, 3.63) is 29.3 Å². The smallest absolute Gasteiger partial charge is 0.265 e. The van der Waals surface area contributed by atoms with E-state index in [4.69, 9.17) is 27.6 Å². The third kappa shape index (κ3) is 3.51. The molecule has 0 aliphatic carbocycles. The lowest BCUT2D eigenvalue weighted by atomic mass is 9.83. The van der Waals surface area contributed by atoms with E-state index in [1.807, 2.05) is 12.1 Å². The van der Waals surface area contributed by atoms with E-state index in [0.29, 0.717) is 13.2 Å². The van der Waals surface area contributed by atoms with Crippen molar-refractivity contribution in [2.75, 3.05) is 11.4 Å². The molecule has 0 saturated carbocycles. The fourth-order valence-electron chi connectivity index (χ4n) is 2.54. The lowest BCUT2D eigenvalue weighted by Gasteiger charge is -2.42. The van der Waals surface area contributed by atoms with Gasteiger partial charge >= 0.3 is 0 Å². The molecule has 1 aromatic carbocycles. The Hall–Kier alpha value is -0.553. The molecule has 6 heteroatoms. The molecule has 22 heavy (non-hydrogen) atoms. The van der Waals surface area contributed by atoms with Gasteiger partial charge in [0.25, 0.3) is 5.91 Å². The number of β-lactam (4-membered cyclic amide) rings is 1. The van der Waals surface area contributed by atoms with Crippen molar-refractivity contribution in [2.24, 2.45) is 0 Å². The van der Waals surface area contributed by atoms with E-state index in [-0.39, 0.29) is 11.3 Å². The van der Waals surface area contributed by atoms with Crippen LogP contribution in [-0.4, -0.2) is 25.8 Å². The van der Waals surface area contributed by atoms with Gasteiger partial charge in [0.1, 0.15) is 0 Å². The molecule has 0 aromatic heterocycles. The maximum Gasteiger partial charge on any atom is 0.265 e. The summed E-state index contributed by atoms with van der Waals surface area (Å²) >= 11 is 11.9. The number of hydrogen-bond donors (Lipinski definition) is 0. The van der Waals surface area contributed by atoms with Gasteiger partial charge in [-0.05, 0) is 30.1 Å². The van der Waals surface area contributed by atoms with Crippen LogP contribution in [0, 0.1) is 0 Å². The Labute approximate surface area is 144 Å². The summed E-state index contributed by atoms with van der Waals surface area (Å²) in [5.74, 6) is -0.262. The molecule has 121 valence electrons. The van der Waals surface area contributed by atoms with Gasteiger partial charge < -0.3 is 9.33 Å². The van der Waals surface area contributed by atoms with Crippen LogP contribution in [0.3, 0.4) is 0 Å². The number of carbonyl (C=O) groups excluding carboxylic acids is 1. The van der Waals surface area contributed by atoms with E-state index in [9.17, 15) is 4.79 Å². The van der Waals surface area contributed by atoms with Gasteiger partial charge in [0, 0.05) is 11.3 Å². The summed E-state index contributed by atoms with van der Waals surface area (Å²) in [6, 6.07) is 6.00. The predicted molar refractivity (Wildman–Crippen MR) is 94.2 cm³/mol. The molecule has 0 spiro atoms. The fourth-order valence-corrected chi connectivity index (χ4v) is 3.41. The van der Waals surface area contributed by atoms with Crippen LogP contribution >= 0.6 is 23.2 Å². The van der Waals surface area contributed by atoms with Crippen LogP contribution < -0.4 is 4.90 Å². The average molecular weight is 359 g/mol. The average Bonchev–Trinajstić information content (AvgIpc) is 2.41. The summed E-state index contributed by atoms with van der Waals surface area (Å²) in [5.41, 5.74) is 3.06. The Balaban J connectivity index is 2.43. The van der Waals surface area contributed by atoms with Gasteiger partial charge in [-0.25, -0.2) is 0 Å². The normalized spacial score (nSPS) is 17.8. The monoisotopic (exact) mass is 358 g/mol. The molecule has 3 nitrogen and oxygen atoms in total. The standard InChI is InChI=1S/C16H22Cl2NO2Si/c1-15(2,3)12-7-6-8-13(11(12)9-21-22(4)5)19-10-16(17,18)14(19)20/h6-8H,9-10H2,1-5H3. The molecular weight excluding hydrogens is 337 g/mol. The summed E-state index contributed by atoms with van der Waals surface area (Å²) in [7, 11) is -0.816. The predicted octanol–water partition coefficient (Wildman–Crippen LogP) is 4.27. The molecule has 1 saturated heterocycles. The van der Waals surface area contributed by atoms with Gasteiger partial charge in [0.15, 0.2) is 0 Å². The van der Waals surface area contributed by atoms with Crippen molar-refractivity contribution in [3.8, 4) is 0 Å². The molecule has 1 radical (unpaired) electrons. The van der Waals surface area contributed by atoms with Crippen molar-refractivity contribution in [1.29, 1.82) is 0 Å². The molecule has 1 aromatic rings. The Morgan fingerprint density at radius 1 is 1.32 bits per heavy atom. The molecule has 2 rings (SSSR count). The highest BCUT2D eigenvalue weighted by atomic mass is 35.5. The van der Waals surface area contributed by atoms with Crippen molar-refractivity contribution in [1.82, 2.24) is 0 Å². The van der Waals surface area contributed by atoms with E-state index >= 15 is 0 Å². The second-order valence-electron chi connectivity index (χ2n) is 6.85. The highest BCUT2D eigenvalue weighted by Crippen LogP contribution is 2.41. The van der Waals surface area contributed by atoms with Crippen LogP contribution in [0.5, 0.6) is 0 Å². The van der Waals surface area contributed by atoms with Crippen LogP contribution in [0.15, 0.2) is 18.2 Å². The summed E-state index contributed by atoms with van der Waals surface area (Å²) in [4.78, 5) is 13.8. The molecule has 0 unspecified atom stereocenters. The van der Waals surface area contributed by atoms with Crippen molar-refractivity contribution in [3.63, 3.8) is 0 Å². The summed E-state index contributed by atoms with van der Waals surface area (Å²) in [6.45, 7) is 11.5. The van der Waals surface area contributed by atoms with Crippen molar-refractivity contribution >= 4 is 43.8 Å². The molecular formula is C16H22Cl2NO2Si. The summed E-state index contributed by atoms with van der Waals surface area (Å²) in [6.07, 6.45) is 0. The first-order valence-corrected chi connectivity index (χ1v) is 10.5. The number of rotatable bonds is 4. The van der Waals surface area contributed by atoms with Crippen LogP contribution in [0.25, 0.3) is 0 Å². The minimum Gasteiger partial charge on any atom is -0.413 e. The number of carbonyl (C=O) groups is 1. The number of nitrogens with zero attached hydrogens (tertiary/aromatic N) is 1. The molecule has 1 fully saturated rings. The third-order valence-electron chi connectivity index (χ3n) is 3.67. The Morgan fingerprint density at radius 3 is 2.41 bits per heavy atom. The number of halogens is 2. The van der Waals surface area contributed by atoms with Gasteiger partial charge in [-0.3, -0.25) is 4.79 Å². The molecule has 0 bridgehead atoms. The summed E-state index contributed by atoms with van der Waals surface area (Å²) < 4.78 is 4.62. The van der Waals surface area contributed by atoms with E-state index < -0.39 is 13.4 Å². The van der Waals surface area contributed by atoms with E-state index in [1.54, 1.807) is 4.90 Å². The SMILES string of the molecule is C[Si](C)OCc1c(N2CC(Cl)(Cl)C2=O)cccc1C(C)(C)C. The first-order chi connectivity index (χ1) is 10.0. The lowest BCUT2D eigenvalue weighted by Crippen LogP contribution is -2.61. The second-order valence-corrected chi connectivity index (χ2v) is 10.4. The fraction of sp³-hybridized carbons (Fsp3) is 0.562. The van der Waals surface area contributed by atoms with Crippen LogP contribution in [0.4, 0.5) is 5.69 Å². The lowest BCUT2D eigenvalue weighted by molar-refractivity contribution is -0.122. The van der Waals surface area contributed by atoms with Crippen LogP contribution in [-0.2, 0) is 21.2 Å². The molecule has 1 amide bonds. The quantitative estimate of drug-likeness (QED) is 0.456. The zero-order valence-electron chi connectivity index (χ0n) is 13.7. The van der Waals surface area contributed by atoms with Crippen LogP contribution in [0.1, 0.15) is 31.9 Å². The zero-order chi connectivity index (χ0) is 16.7. The minimum atomic E-state index is -1.29. The Morgan fingerprint density at radius 2 is 1.95 bits per heavy atom. The van der Waals surface area contributed by atoms with Gasteiger partial charge in [-0.15, -0.1) is 0 Å². The number of alkyl halides is 2. The highest BCUT2D eigenvalue weighted by molar-refractivity contribution is 6.62. The topological polar surface area (TPSA) is 29.5 Å². The van der Waals surface area contributed by atoms with Gasteiger partial charge in [0.05, 0.1) is 13.2 Å². The first kappa shape index (κ1) is 17.8. The second kappa shape index (κ2) is 6.15. The van der Waals surface area contributed by atoms with Gasteiger partial charge in [0.2, 0.25) is 13.4 Å². The van der Waals surface area contributed by atoms with E-state index in [2.05, 4.69) is 39.9 Å². The number of hydrogen-bond acceptors (Lipinski definition) is 2. The molecule has 1 aliphatic rings. The maximum absolute atomic E-state index is 12.2. The number of amides is 1. The van der Waals surface area contributed by atoms with Crippen LogP contribution in [0.2, 0.25) is 13.1 Å². The first-order valence-electron chi connectivity index (χ1n) is 7.29. The van der Waals surface area contributed by atoms with Gasteiger partial charge in [-0.1, -0.05) is 56.1 Å². The molecule has 0 N–H and O–H groups in total. The zero-order valence-corrected chi connectivity index (χ0v) is 16.2. The molecule has 1 aliphatic heterocycles. The molecule has 1 heterocycles. The molecule has 0 atom stereocenters. The van der Waals surface area contributed by atoms with Gasteiger partial charge in [-0.2, -0.15) is 0 Å². The largest absolute Gasteiger partial charge is 0.413 e. The third-order valence-corrected chi connectivity index (χ3v) is 4.95. The number of anilines is 1. The van der Waals surface area contributed by atoms with E-state index in [1.165, 1.54) is 5.56 Å². The Bertz CT molecular complexity index is 582. The van der Waals surface area contributed by atoms with E-state index in [0.717, 1.165) is 11.3 Å². The summed E-state index contributed by atoms with van der Waals surface area (Å²) in [5, 5.41) is 0. The number of benzene rings is 1. The van der Waals surface area contributed by atoms with Crippen molar-refractivity contribution < 1.29 is 9.22 Å². The maximum atomic E-state index is 12.2. The van der Waals surface area contributed by atoms with Crippen molar-refractivity contribution in [2.45, 2.75) is 50.2 Å².